The van der Waals surface area contributed by atoms with Gasteiger partial charge in [0.1, 0.15) is 5.65 Å². The van der Waals surface area contributed by atoms with Crippen molar-refractivity contribution in [3.63, 3.8) is 0 Å². The van der Waals surface area contributed by atoms with E-state index in [4.69, 9.17) is 4.74 Å². The number of aromatic nitrogens is 2. The molecule has 1 aliphatic heterocycles. The van der Waals surface area contributed by atoms with E-state index < -0.39 is 0 Å². The molecule has 2 aromatic rings. The van der Waals surface area contributed by atoms with Gasteiger partial charge >= 0.3 is 0 Å². The lowest BCUT2D eigenvalue weighted by Crippen LogP contribution is -2.47. The second kappa shape index (κ2) is 6.46. The number of amides is 1. The summed E-state index contributed by atoms with van der Waals surface area (Å²) in [4.78, 5) is 19.7. The molecule has 3 N–H and O–H groups in total. The Hall–Kier alpha value is -1.92. The van der Waals surface area contributed by atoms with E-state index in [1.54, 1.807) is 19.5 Å². The van der Waals surface area contributed by atoms with E-state index in [1.807, 2.05) is 12.1 Å². The number of rotatable bonds is 5. The zero-order valence-electron chi connectivity index (χ0n) is 12.8. The Balaban J connectivity index is 1.71. The molecule has 3 heterocycles. The van der Waals surface area contributed by atoms with Crippen LogP contribution in [0.2, 0.25) is 0 Å². The van der Waals surface area contributed by atoms with Gasteiger partial charge in [-0.25, -0.2) is 4.98 Å². The van der Waals surface area contributed by atoms with Gasteiger partial charge in [0.15, 0.2) is 0 Å². The number of aromatic amines is 1. The minimum atomic E-state index is -0.0618. The summed E-state index contributed by atoms with van der Waals surface area (Å²) in [6.07, 6.45) is 5.45. The van der Waals surface area contributed by atoms with Crippen molar-refractivity contribution in [2.75, 3.05) is 33.4 Å². The highest BCUT2D eigenvalue weighted by atomic mass is 16.5. The fourth-order valence-corrected chi connectivity index (χ4v) is 3.14. The smallest absolute Gasteiger partial charge is 0.253 e. The van der Waals surface area contributed by atoms with Crippen molar-refractivity contribution in [3.05, 3.63) is 30.1 Å². The third-order valence-corrected chi connectivity index (χ3v) is 4.43. The normalized spacial score (nSPS) is 17.5. The molecule has 1 saturated heterocycles. The molecule has 0 spiro atoms. The second-order valence-electron chi connectivity index (χ2n) is 5.97. The van der Waals surface area contributed by atoms with Gasteiger partial charge in [-0.3, -0.25) is 4.79 Å². The molecule has 6 nitrogen and oxygen atoms in total. The van der Waals surface area contributed by atoms with Crippen LogP contribution >= 0.6 is 0 Å². The fraction of sp³-hybridized carbons (Fsp3) is 0.500. The van der Waals surface area contributed by atoms with Gasteiger partial charge in [-0.15, -0.1) is 0 Å². The fourth-order valence-electron chi connectivity index (χ4n) is 3.14. The van der Waals surface area contributed by atoms with Crippen LogP contribution in [-0.4, -0.2) is 49.2 Å². The standard InChI is InChI=1S/C16H22N4O2/c1-22-11-16(4-7-17-8-5-16)10-20-15(21)13-9-19-14-12(13)3-2-6-18-14/h2-3,6,9,17H,4-5,7-8,10-11H2,1H3,(H,18,19)(H,20,21). The number of hydrogen-bond acceptors (Lipinski definition) is 4. The predicted octanol–water partition coefficient (Wildman–Crippen LogP) is 1.31. The lowest BCUT2D eigenvalue weighted by Gasteiger charge is -2.37. The zero-order chi connectivity index (χ0) is 15.4. The Kier molecular flexibility index (Phi) is 4.40. The molecule has 1 aliphatic rings. The third-order valence-electron chi connectivity index (χ3n) is 4.43. The summed E-state index contributed by atoms with van der Waals surface area (Å²) >= 11 is 0. The molecule has 118 valence electrons. The molecule has 0 atom stereocenters. The van der Waals surface area contributed by atoms with Crippen molar-refractivity contribution >= 4 is 16.9 Å². The van der Waals surface area contributed by atoms with Crippen LogP contribution in [0.4, 0.5) is 0 Å². The number of methoxy groups -OCH3 is 1. The first-order valence-corrected chi connectivity index (χ1v) is 7.64. The summed E-state index contributed by atoms with van der Waals surface area (Å²) in [6.45, 7) is 3.24. The molecule has 22 heavy (non-hydrogen) atoms. The van der Waals surface area contributed by atoms with Crippen molar-refractivity contribution in [2.24, 2.45) is 5.41 Å². The Morgan fingerprint density at radius 3 is 3.05 bits per heavy atom. The molecule has 2 aromatic heterocycles. The number of fused-ring (bicyclic) bond motifs is 1. The summed E-state index contributed by atoms with van der Waals surface area (Å²) in [5, 5.41) is 7.29. The van der Waals surface area contributed by atoms with Crippen molar-refractivity contribution in [1.82, 2.24) is 20.6 Å². The van der Waals surface area contributed by atoms with Crippen LogP contribution < -0.4 is 10.6 Å². The first kappa shape index (κ1) is 15.0. The molecule has 0 radical (unpaired) electrons. The molecular formula is C16H22N4O2. The monoisotopic (exact) mass is 302 g/mol. The number of nitrogens with one attached hydrogen (secondary N) is 3. The van der Waals surface area contributed by atoms with Gasteiger partial charge in [0.2, 0.25) is 0 Å². The number of hydrogen-bond donors (Lipinski definition) is 3. The SMILES string of the molecule is COCC1(CNC(=O)c2c[nH]c3ncccc23)CCNCC1. The van der Waals surface area contributed by atoms with Crippen molar-refractivity contribution in [1.29, 1.82) is 0 Å². The topological polar surface area (TPSA) is 79.0 Å². The van der Waals surface area contributed by atoms with E-state index in [0.29, 0.717) is 18.7 Å². The van der Waals surface area contributed by atoms with E-state index in [-0.39, 0.29) is 11.3 Å². The molecule has 3 rings (SSSR count). The van der Waals surface area contributed by atoms with E-state index >= 15 is 0 Å². The van der Waals surface area contributed by atoms with Gasteiger partial charge in [0.05, 0.1) is 12.2 Å². The first-order chi connectivity index (χ1) is 10.7. The third kappa shape index (κ3) is 2.98. The van der Waals surface area contributed by atoms with Crippen LogP contribution in [0.5, 0.6) is 0 Å². The van der Waals surface area contributed by atoms with Crippen LogP contribution in [0, 0.1) is 5.41 Å². The van der Waals surface area contributed by atoms with Gasteiger partial charge in [-0.2, -0.15) is 0 Å². The molecule has 6 heteroatoms. The molecule has 0 saturated carbocycles. The predicted molar refractivity (Wildman–Crippen MR) is 84.8 cm³/mol. The van der Waals surface area contributed by atoms with Gasteiger partial charge in [0, 0.05) is 36.8 Å². The van der Waals surface area contributed by atoms with E-state index in [2.05, 4.69) is 20.6 Å². The largest absolute Gasteiger partial charge is 0.384 e. The molecule has 1 amide bonds. The Bertz CT molecular complexity index is 641. The van der Waals surface area contributed by atoms with E-state index in [9.17, 15) is 4.79 Å². The summed E-state index contributed by atoms with van der Waals surface area (Å²) in [7, 11) is 1.72. The van der Waals surface area contributed by atoms with Crippen molar-refractivity contribution in [3.8, 4) is 0 Å². The lowest BCUT2D eigenvalue weighted by atomic mass is 9.79. The minimum Gasteiger partial charge on any atom is -0.384 e. The second-order valence-corrected chi connectivity index (χ2v) is 5.97. The highest BCUT2D eigenvalue weighted by Gasteiger charge is 2.32. The number of pyridine rings is 1. The molecule has 0 unspecified atom stereocenters. The molecule has 0 aromatic carbocycles. The summed E-state index contributed by atoms with van der Waals surface area (Å²) in [5.74, 6) is -0.0618. The summed E-state index contributed by atoms with van der Waals surface area (Å²) in [5.41, 5.74) is 1.41. The summed E-state index contributed by atoms with van der Waals surface area (Å²) in [6, 6.07) is 3.75. The quantitative estimate of drug-likeness (QED) is 0.778. The summed E-state index contributed by atoms with van der Waals surface area (Å²) < 4.78 is 5.38. The van der Waals surface area contributed by atoms with Gasteiger partial charge in [-0.05, 0) is 38.1 Å². The number of carbonyl (C=O) groups excluding carboxylic acids is 1. The van der Waals surface area contributed by atoms with Gasteiger partial charge in [0.25, 0.3) is 5.91 Å². The average molecular weight is 302 g/mol. The maximum atomic E-state index is 12.5. The Morgan fingerprint density at radius 1 is 1.45 bits per heavy atom. The van der Waals surface area contributed by atoms with Crippen LogP contribution in [0.3, 0.4) is 0 Å². The highest BCUT2D eigenvalue weighted by molar-refractivity contribution is 6.05. The van der Waals surface area contributed by atoms with Gasteiger partial charge in [-0.1, -0.05) is 0 Å². The maximum absolute atomic E-state index is 12.5. The maximum Gasteiger partial charge on any atom is 0.253 e. The van der Waals surface area contributed by atoms with Crippen molar-refractivity contribution < 1.29 is 9.53 Å². The van der Waals surface area contributed by atoms with Crippen LogP contribution in [-0.2, 0) is 4.74 Å². The van der Waals surface area contributed by atoms with E-state index in [1.165, 1.54) is 0 Å². The number of carbonyl (C=O) groups is 1. The number of H-pyrrole nitrogens is 1. The number of ether oxygens (including phenoxy) is 1. The van der Waals surface area contributed by atoms with Crippen LogP contribution in [0.25, 0.3) is 11.0 Å². The van der Waals surface area contributed by atoms with Crippen molar-refractivity contribution in [2.45, 2.75) is 12.8 Å². The van der Waals surface area contributed by atoms with E-state index in [0.717, 1.165) is 37.0 Å². The lowest BCUT2D eigenvalue weighted by molar-refractivity contribution is 0.0512. The molecular weight excluding hydrogens is 280 g/mol. The highest BCUT2D eigenvalue weighted by Crippen LogP contribution is 2.28. The van der Waals surface area contributed by atoms with Crippen LogP contribution in [0.15, 0.2) is 24.5 Å². The average Bonchev–Trinajstić information content (AvgIpc) is 2.98. The van der Waals surface area contributed by atoms with Crippen LogP contribution in [0.1, 0.15) is 23.2 Å². The number of nitrogens with zero attached hydrogens (tertiary/aromatic N) is 1. The molecule has 0 aliphatic carbocycles. The molecule has 1 fully saturated rings. The minimum absolute atomic E-state index is 0.0278. The molecule has 0 bridgehead atoms. The first-order valence-electron chi connectivity index (χ1n) is 7.64. The number of piperidine rings is 1. The zero-order valence-corrected chi connectivity index (χ0v) is 12.8. The Morgan fingerprint density at radius 2 is 2.27 bits per heavy atom. The van der Waals surface area contributed by atoms with Gasteiger partial charge < -0.3 is 20.4 Å². The Labute approximate surface area is 129 Å².